The van der Waals surface area contributed by atoms with Gasteiger partial charge < -0.3 is 9.64 Å². The van der Waals surface area contributed by atoms with Crippen molar-refractivity contribution in [3.8, 4) is 5.75 Å². The summed E-state index contributed by atoms with van der Waals surface area (Å²) in [6.45, 7) is 0.152. The number of Topliss-reactive ketones (excluding diaryl/α,β-unsaturated/α-hetero) is 1. The topological polar surface area (TPSA) is 102 Å². The molecule has 0 saturated heterocycles. The number of benzene rings is 3. The molecule has 4 rings (SSSR count). The molecule has 30 heavy (non-hydrogen) atoms. The van der Waals surface area contributed by atoms with Crippen molar-refractivity contribution in [2.24, 2.45) is 0 Å². The van der Waals surface area contributed by atoms with Crippen molar-refractivity contribution in [1.29, 1.82) is 0 Å². The zero-order chi connectivity index (χ0) is 21.3. The molecular weight excluding hydrogens is 388 g/mol. The molecule has 152 valence electrons. The fourth-order valence-corrected chi connectivity index (χ4v) is 3.81. The zero-order valence-corrected chi connectivity index (χ0v) is 16.0. The number of para-hydroxylation sites is 2. The molecule has 3 aromatic rings. The van der Waals surface area contributed by atoms with Crippen LogP contribution in [0, 0.1) is 10.1 Å². The summed E-state index contributed by atoms with van der Waals surface area (Å²) in [5.41, 5.74) is -0.864. The SMILES string of the molecule is COc1ccc(CN2c3ccccc3C(=O)C2(OO)c2ccccc2[N+](=O)[O-])cc1. The van der Waals surface area contributed by atoms with Gasteiger partial charge in [0.2, 0.25) is 5.78 Å². The summed E-state index contributed by atoms with van der Waals surface area (Å²) in [7, 11) is 1.56. The molecule has 1 aliphatic heterocycles. The van der Waals surface area contributed by atoms with Gasteiger partial charge in [0.05, 0.1) is 23.3 Å². The molecule has 3 aromatic carbocycles. The van der Waals surface area contributed by atoms with Gasteiger partial charge in [-0.3, -0.25) is 14.9 Å². The predicted molar refractivity (Wildman–Crippen MR) is 108 cm³/mol. The highest BCUT2D eigenvalue weighted by Gasteiger charge is 2.57. The Hall–Kier alpha value is -3.75. The summed E-state index contributed by atoms with van der Waals surface area (Å²) in [5.74, 6) is 0.0865. The summed E-state index contributed by atoms with van der Waals surface area (Å²) < 4.78 is 5.18. The summed E-state index contributed by atoms with van der Waals surface area (Å²) in [5, 5.41) is 21.7. The number of anilines is 1. The molecule has 0 amide bonds. The highest BCUT2D eigenvalue weighted by molar-refractivity contribution is 6.13. The number of fused-ring (bicyclic) bond motifs is 1. The smallest absolute Gasteiger partial charge is 0.278 e. The van der Waals surface area contributed by atoms with Gasteiger partial charge in [-0.05, 0) is 35.9 Å². The minimum atomic E-state index is -2.09. The van der Waals surface area contributed by atoms with E-state index in [1.807, 2.05) is 12.1 Å². The summed E-state index contributed by atoms with van der Waals surface area (Å²) >= 11 is 0. The van der Waals surface area contributed by atoms with Crippen LogP contribution in [0.2, 0.25) is 0 Å². The number of carbonyl (C=O) groups excluding carboxylic acids is 1. The molecule has 0 aliphatic carbocycles. The molecule has 0 radical (unpaired) electrons. The van der Waals surface area contributed by atoms with Gasteiger partial charge in [0.1, 0.15) is 5.75 Å². The number of nitro benzene ring substituents is 1. The zero-order valence-electron chi connectivity index (χ0n) is 16.0. The summed E-state index contributed by atoms with van der Waals surface area (Å²) in [6, 6.07) is 19.7. The first-order chi connectivity index (χ1) is 14.5. The number of ketones is 1. The molecule has 0 bridgehead atoms. The maximum Gasteiger partial charge on any atom is 0.278 e. The summed E-state index contributed by atoms with van der Waals surface area (Å²) in [4.78, 5) is 30.9. The van der Waals surface area contributed by atoms with Gasteiger partial charge in [0.25, 0.3) is 11.4 Å². The quantitative estimate of drug-likeness (QED) is 0.373. The molecule has 1 N–H and O–H groups in total. The molecule has 0 spiro atoms. The lowest BCUT2D eigenvalue weighted by Gasteiger charge is -2.35. The highest BCUT2D eigenvalue weighted by Crippen LogP contribution is 2.48. The van der Waals surface area contributed by atoms with Crippen molar-refractivity contribution >= 4 is 17.2 Å². The second-order valence-corrected chi connectivity index (χ2v) is 6.79. The first-order valence-corrected chi connectivity index (χ1v) is 9.14. The fraction of sp³-hybridized carbons (Fsp3) is 0.136. The van der Waals surface area contributed by atoms with E-state index in [1.165, 1.54) is 23.1 Å². The van der Waals surface area contributed by atoms with Crippen LogP contribution in [-0.2, 0) is 17.2 Å². The second kappa shape index (κ2) is 7.58. The lowest BCUT2D eigenvalue weighted by molar-refractivity contribution is -0.389. The first kappa shape index (κ1) is 19.6. The Balaban J connectivity index is 1.91. The van der Waals surface area contributed by atoms with Gasteiger partial charge in [0.15, 0.2) is 0 Å². The van der Waals surface area contributed by atoms with E-state index in [0.29, 0.717) is 17.0 Å². The molecule has 1 heterocycles. The highest BCUT2D eigenvalue weighted by atomic mass is 17.1. The molecule has 1 atom stereocenters. The van der Waals surface area contributed by atoms with E-state index in [9.17, 15) is 20.2 Å². The van der Waals surface area contributed by atoms with Crippen molar-refractivity contribution in [1.82, 2.24) is 0 Å². The van der Waals surface area contributed by atoms with Crippen molar-refractivity contribution < 1.29 is 24.6 Å². The molecular formula is C22H18N2O6. The lowest BCUT2D eigenvalue weighted by Crippen LogP contribution is -2.49. The Morgan fingerprint density at radius 3 is 2.37 bits per heavy atom. The Bertz CT molecular complexity index is 1110. The van der Waals surface area contributed by atoms with Crippen LogP contribution in [0.5, 0.6) is 5.75 Å². The molecule has 8 heteroatoms. The molecule has 8 nitrogen and oxygen atoms in total. The third-order valence-corrected chi connectivity index (χ3v) is 5.23. The Morgan fingerprint density at radius 1 is 1.03 bits per heavy atom. The first-order valence-electron chi connectivity index (χ1n) is 9.14. The number of ether oxygens (including phenoxy) is 1. The monoisotopic (exact) mass is 406 g/mol. The number of methoxy groups -OCH3 is 1. The van der Waals surface area contributed by atoms with Crippen LogP contribution in [-0.4, -0.2) is 23.1 Å². The van der Waals surface area contributed by atoms with E-state index in [1.54, 1.807) is 49.6 Å². The van der Waals surface area contributed by atoms with Gasteiger partial charge >= 0.3 is 0 Å². The van der Waals surface area contributed by atoms with E-state index in [0.717, 1.165) is 5.56 Å². The van der Waals surface area contributed by atoms with Crippen LogP contribution in [0.15, 0.2) is 72.8 Å². The number of hydrogen-bond donors (Lipinski definition) is 1. The van der Waals surface area contributed by atoms with Crippen molar-refractivity contribution in [2.75, 3.05) is 12.0 Å². The van der Waals surface area contributed by atoms with Gasteiger partial charge in [-0.15, -0.1) is 0 Å². The standard InChI is InChI=1S/C22H18N2O6/c1-29-16-12-10-15(11-13-16)14-23-19-8-4-2-6-17(19)21(25)22(23,30-28)18-7-3-5-9-20(18)24(26)27/h2-13,28H,14H2,1H3. The summed E-state index contributed by atoms with van der Waals surface area (Å²) in [6.07, 6.45) is 0. The van der Waals surface area contributed by atoms with Gasteiger partial charge in [-0.2, -0.15) is 4.89 Å². The van der Waals surface area contributed by atoms with Crippen molar-refractivity contribution in [2.45, 2.75) is 12.3 Å². The van der Waals surface area contributed by atoms with E-state index in [-0.39, 0.29) is 17.8 Å². The van der Waals surface area contributed by atoms with Crippen molar-refractivity contribution in [3.05, 3.63) is 99.6 Å². The second-order valence-electron chi connectivity index (χ2n) is 6.79. The van der Waals surface area contributed by atoms with E-state index in [4.69, 9.17) is 9.62 Å². The largest absolute Gasteiger partial charge is 0.497 e. The maximum atomic E-state index is 13.5. The molecule has 1 aliphatic rings. The Kier molecular flexibility index (Phi) is 4.94. The molecule has 1 unspecified atom stereocenters. The van der Waals surface area contributed by atoms with Gasteiger partial charge in [-0.25, -0.2) is 5.26 Å². The van der Waals surface area contributed by atoms with Gasteiger partial charge in [0, 0.05) is 18.2 Å². The number of carbonyl (C=O) groups is 1. The number of nitrogens with zero attached hydrogens (tertiary/aromatic N) is 2. The lowest BCUT2D eigenvalue weighted by atomic mass is 9.94. The van der Waals surface area contributed by atoms with Crippen LogP contribution >= 0.6 is 0 Å². The van der Waals surface area contributed by atoms with E-state index < -0.39 is 16.4 Å². The maximum absolute atomic E-state index is 13.5. The number of nitro groups is 1. The molecule has 0 aromatic heterocycles. The third kappa shape index (κ3) is 2.90. The number of hydrogen-bond acceptors (Lipinski definition) is 7. The molecule has 0 saturated carbocycles. The Morgan fingerprint density at radius 2 is 1.70 bits per heavy atom. The average molecular weight is 406 g/mol. The minimum Gasteiger partial charge on any atom is -0.497 e. The van der Waals surface area contributed by atoms with Gasteiger partial charge in [-0.1, -0.05) is 36.4 Å². The van der Waals surface area contributed by atoms with Crippen LogP contribution in [0.3, 0.4) is 0 Å². The van der Waals surface area contributed by atoms with Crippen molar-refractivity contribution in [3.63, 3.8) is 0 Å². The van der Waals surface area contributed by atoms with E-state index in [2.05, 4.69) is 0 Å². The fourth-order valence-electron chi connectivity index (χ4n) is 3.81. The number of rotatable bonds is 6. The average Bonchev–Trinajstić information content (AvgIpc) is 3.03. The van der Waals surface area contributed by atoms with Crippen LogP contribution in [0.25, 0.3) is 0 Å². The molecule has 0 fully saturated rings. The minimum absolute atomic E-state index is 0.0489. The predicted octanol–water partition coefficient (Wildman–Crippen LogP) is 4.15. The van der Waals surface area contributed by atoms with Crippen LogP contribution < -0.4 is 9.64 Å². The third-order valence-electron chi connectivity index (χ3n) is 5.23. The van der Waals surface area contributed by atoms with Crippen LogP contribution in [0.1, 0.15) is 21.5 Å². The normalized spacial score (nSPS) is 17.7. The Labute approximate surface area is 172 Å². The van der Waals surface area contributed by atoms with E-state index >= 15 is 0 Å². The van der Waals surface area contributed by atoms with Crippen LogP contribution in [0.4, 0.5) is 11.4 Å².